The molecule has 0 unspecified atom stereocenters. The number of benzene rings is 1. The number of aromatic nitrogens is 2. The van der Waals surface area contributed by atoms with Gasteiger partial charge in [0, 0.05) is 63.8 Å². The van der Waals surface area contributed by atoms with Crippen LogP contribution in [0.3, 0.4) is 0 Å². The van der Waals surface area contributed by atoms with Gasteiger partial charge in [-0.2, -0.15) is 0 Å². The van der Waals surface area contributed by atoms with Crippen molar-refractivity contribution in [1.29, 1.82) is 0 Å². The van der Waals surface area contributed by atoms with Gasteiger partial charge in [0.15, 0.2) is 0 Å². The summed E-state index contributed by atoms with van der Waals surface area (Å²) in [6.07, 6.45) is 14.4. The Balaban J connectivity index is 1.14. The number of ether oxygens (including phenoxy) is 1. The SMILES string of the molecule is O=c1n(-c2ccc(OC3CCCC3)cc2)ccn1C1CCC(N2CCN(CCCO)CC2)CC1. The van der Waals surface area contributed by atoms with Crippen LogP contribution in [0.25, 0.3) is 5.69 Å². The van der Waals surface area contributed by atoms with E-state index in [0.29, 0.717) is 18.2 Å². The molecule has 2 heterocycles. The molecule has 7 nitrogen and oxygen atoms in total. The number of piperazine rings is 1. The van der Waals surface area contributed by atoms with Gasteiger partial charge in [-0.25, -0.2) is 4.79 Å². The molecule has 1 aliphatic heterocycles. The van der Waals surface area contributed by atoms with Crippen molar-refractivity contribution in [2.24, 2.45) is 0 Å². The molecule has 1 aromatic heterocycles. The number of hydrogen-bond donors (Lipinski definition) is 1. The highest BCUT2D eigenvalue weighted by Crippen LogP contribution is 2.31. The van der Waals surface area contributed by atoms with Crippen LogP contribution in [0.1, 0.15) is 63.8 Å². The first-order valence-corrected chi connectivity index (χ1v) is 13.3. The molecule has 1 N–H and O–H groups in total. The summed E-state index contributed by atoms with van der Waals surface area (Å²) in [6.45, 7) is 5.74. The maximum atomic E-state index is 13.2. The molecule has 34 heavy (non-hydrogen) atoms. The summed E-state index contributed by atoms with van der Waals surface area (Å²) in [4.78, 5) is 18.3. The Morgan fingerprint density at radius 3 is 2.21 bits per heavy atom. The summed E-state index contributed by atoms with van der Waals surface area (Å²) in [5.41, 5.74) is 0.959. The molecule has 0 radical (unpaired) electrons. The Morgan fingerprint density at radius 2 is 1.53 bits per heavy atom. The first-order valence-electron chi connectivity index (χ1n) is 13.3. The number of aliphatic hydroxyl groups is 1. The summed E-state index contributed by atoms with van der Waals surface area (Å²) in [7, 11) is 0. The fraction of sp³-hybridized carbons (Fsp3) is 0.667. The van der Waals surface area contributed by atoms with E-state index in [1.807, 2.05) is 41.2 Å². The molecule has 0 amide bonds. The highest BCUT2D eigenvalue weighted by molar-refractivity contribution is 5.37. The highest BCUT2D eigenvalue weighted by atomic mass is 16.5. The monoisotopic (exact) mass is 468 g/mol. The summed E-state index contributed by atoms with van der Waals surface area (Å²) >= 11 is 0. The summed E-state index contributed by atoms with van der Waals surface area (Å²) < 4.78 is 9.78. The van der Waals surface area contributed by atoms with Gasteiger partial charge in [-0.3, -0.25) is 14.0 Å². The Kier molecular flexibility index (Phi) is 7.72. The van der Waals surface area contributed by atoms with Crippen LogP contribution in [0.4, 0.5) is 0 Å². The third kappa shape index (κ3) is 5.42. The van der Waals surface area contributed by atoms with E-state index in [9.17, 15) is 4.79 Å². The lowest BCUT2D eigenvalue weighted by molar-refractivity contribution is 0.0684. The normalized spacial score (nSPS) is 25.1. The summed E-state index contributed by atoms with van der Waals surface area (Å²) in [6, 6.07) is 8.90. The molecule has 186 valence electrons. The minimum absolute atomic E-state index is 0.0606. The zero-order valence-electron chi connectivity index (χ0n) is 20.4. The third-order valence-electron chi connectivity index (χ3n) is 8.14. The van der Waals surface area contributed by atoms with Crippen molar-refractivity contribution in [2.75, 3.05) is 39.3 Å². The van der Waals surface area contributed by atoms with Crippen LogP contribution >= 0.6 is 0 Å². The minimum atomic E-state index is 0.0606. The molecule has 5 rings (SSSR count). The standard InChI is InChI=1S/C27H40N4O3/c32-21-3-14-28-15-17-29(18-16-28)22-6-8-23(9-7-22)30-19-20-31(27(30)33)24-10-12-26(13-11-24)34-25-4-1-2-5-25/h10-13,19-20,22-23,25,32H,1-9,14-18,21H2. The van der Waals surface area contributed by atoms with Crippen LogP contribution in [0.5, 0.6) is 5.75 Å². The van der Waals surface area contributed by atoms with Crippen molar-refractivity contribution < 1.29 is 9.84 Å². The zero-order chi connectivity index (χ0) is 23.3. The quantitative estimate of drug-likeness (QED) is 0.643. The average molecular weight is 469 g/mol. The van der Waals surface area contributed by atoms with Gasteiger partial charge in [-0.15, -0.1) is 0 Å². The van der Waals surface area contributed by atoms with Gasteiger partial charge < -0.3 is 14.7 Å². The van der Waals surface area contributed by atoms with Crippen molar-refractivity contribution in [1.82, 2.24) is 18.9 Å². The molecule has 2 aromatic rings. The predicted octanol–water partition coefficient (Wildman–Crippen LogP) is 3.44. The predicted molar refractivity (Wildman–Crippen MR) is 134 cm³/mol. The average Bonchev–Trinajstić information content (AvgIpc) is 3.53. The van der Waals surface area contributed by atoms with E-state index in [4.69, 9.17) is 9.84 Å². The van der Waals surface area contributed by atoms with E-state index in [0.717, 1.165) is 89.1 Å². The molecule has 1 saturated heterocycles. The Bertz CT molecular complexity index is 947. The maximum Gasteiger partial charge on any atom is 0.332 e. The second-order valence-electron chi connectivity index (χ2n) is 10.3. The molecule has 0 atom stereocenters. The van der Waals surface area contributed by atoms with Crippen molar-refractivity contribution in [3.63, 3.8) is 0 Å². The molecule has 0 spiro atoms. The fourth-order valence-corrected chi connectivity index (χ4v) is 6.10. The molecule has 3 fully saturated rings. The zero-order valence-corrected chi connectivity index (χ0v) is 20.4. The van der Waals surface area contributed by atoms with Crippen LogP contribution in [-0.2, 0) is 0 Å². The molecule has 2 saturated carbocycles. The van der Waals surface area contributed by atoms with Gasteiger partial charge in [-0.05, 0) is 82.1 Å². The Morgan fingerprint density at radius 1 is 0.853 bits per heavy atom. The van der Waals surface area contributed by atoms with Crippen LogP contribution in [0, 0.1) is 0 Å². The Labute approximate surface area is 202 Å². The van der Waals surface area contributed by atoms with Crippen LogP contribution in [0.2, 0.25) is 0 Å². The minimum Gasteiger partial charge on any atom is -0.490 e. The van der Waals surface area contributed by atoms with E-state index in [1.165, 1.54) is 12.8 Å². The number of imidazole rings is 1. The summed E-state index contributed by atoms with van der Waals surface area (Å²) in [5, 5.41) is 9.05. The highest BCUT2D eigenvalue weighted by Gasteiger charge is 2.29. The van der Waals surface area contributed by atoms with Crippen LogP contribution < -0.4 is 10.4 Å². The van der Waals surface area contributed by atoms with Gasteiger partial charge in [0.25, 0.3) is 0 Å². The largest absolute Gasteiger partial charge is 0.490 e. The van der Waals surface area contributed by atoms with Gasteiger partial charge in [0.05, 0.1) is 11.8 Å². The molecule has 0 bridgehead atoms. The molecular formula is C27H40N4O3. The van der Waals surface area contributed by atoms with Crippen molar-refractivity contribution in [2.45, 2.75) is 76.0 Å². The molecule has 2 aliphatic carbocycles. The lowest BCUT2D eigenvalue weighted by atomic mass is 9.89. The molecule has 7 heteroatoms. The van der Waals surface area contributed by atoms with Gasteiger partial charge in [0.2, 0.25) is 0 Å². The topological polar surface area (TPSA) is 62.9 Å². The van der Waals surface area contributed by atoms with Gasteiger partial charge in [0.1, 0.15) is 5.75 Å². The first-order chi connectivity index (χ1) is 16.7. The molecule has 3 aliphatic rings. The van der Waals surface area contributed by atoms with E-state index in [2.05, 4.69) is 9.80 Å². The first kappa shape index (κ1) is 23.6. The number of aliphatic hydroxyl groups excluding tert-OH is 1. The summed E-state index contributed by atoms with van der Waals surface area (Å²) in [5.74, 6) is 0.899. The van der Waals surface area contributed by atoms with E-state index in [1.54, 1.807) is 4.57 Å². The Hall–Kier alpha value is -2.09. The van der Waals surface area contributed by atoms with E-state index < -0.39 is 0 Å². The lowest BCUT2D eigenvalue weighted by Gasteiger charge is -2.42. The lowest BCUT2D eigenvalue weighted by Crippen LogP contribution is -2.51. The van der Waals surface area contributed by atoms with E-state index in [-0.39, 0.29) is 12.3 Å². The van der Waals surface area contributed by atoms with Crippen molar-refractivity contribution in [3.8, 4) is 11.4 Å². The van der Waals surface area contributed by atoms with E-state index >= 15 is 0 Å². The number of hydrogen-bond acceptors (Lipinski definition) is 5. The molecule has 1 aromatic carbocycles. The van der Waals surface area contributed by atoms with Gasteiger partial charge >= 0.3 is 5.69 Å². The van der Waals surface area contributed by atoms with Gasteiger partial charge in [-0.1, -0.05) is 0 Å². The number of rotatable bonds is 8. The maximum absolute atomic E-state index is 13.2. The number of nitrogens with zero attached hydrogens (tertiary/aromatic N) is 4. The van der Waals surface area contributed by atoms with Crippen LogP contribution in [-0.4, -0.2) is 75.5 Å². The fourth-order valence-electron chi connectivity index (χ4n) is 6.10. The van der Waals surface area contributed by atoms with Crippen molar-refractivity contribution in [3.05, 3.63) is 47.1 Å². The second kappa shape index (κ2) is 11.1. The second-order valence-corrected chi connectivity index (χ2v) is 10.3. The molecular weight excluding hydrogens is 428 g/mol. The smallest absolute Gasteiger partial charge is 0.332 e. The van der Waals surface area contributed by atoms with Crippen molar-refractivity contribution >= 4 is 0 Å². The van der Waals surface area contributed by atoms with Crippen LogP contribution in [0.15, 0.2) is 41.5 Å². The third-order valence-corrected chi connectivity index (χ3v) is 8.14.